The van der Waals surface area contributed by atoms with Gasteiger partial charge >= 0.3 is 5.97 Å². The molecule has 0 aliphatic heterocycles. The van der Waals surface area contributed by atoms with E-state index in [1.165, 1.54) is 11.1 Å². The Bertz CT molecular complexity index is 666. The fraction of sp³-hybridized carbons (Fsp3) is 0.650. The summed E-state index contributed by atoms with van der Waals surface area (Å²) in [6.07, 6.45) is 4.36. The number of benzene rings is 1. The van der Waals surface area contributed by atoms with Crippen molar-refractivity contribution in [1.82, 2.24) is 0 Å². The minimum atomic E-state index is -1.24. The van der Waals surface area contributed by atoms with Crippen molar-refractivity contribution in [2.45, 2.75) is 63.9 Å². The topological polar surface area (TPSA) is 77.8 Å². The third kappa shape index (κ3) is 2.39. The first kappa shape index (κ1) is 17.4. The molecule has 132 valence electrons. The summed E-state index contributed by atoms with van der Waals surface area (Å²) >= 11 is 0. The number of hydrogen-bond donors (Lipinski definition) is 3. The third-order valence-electron chi connectivity index (χ3n) is 6.77. The van der Waals surface area contributed by atoms with Crippen LogP contribution in [0, 0.1) is 11.3 Å². The number of rotatable bonds is 3. The zero-order valence-corrected chi connectivity index (χ0v) is 14.8. The van der Waals surface area contributed by atoms with Gasteiger partial charge in [-0.3, -0.25) is 4.79 Å². The second-order valence-corrected chi connectivity index (χ2v) is 8.39. The van der Waals surface area contributed by atoms with Gasteiger partial charge in [0.2, 0.25) is 0 Å². The predicted molar refractivity (Wildman–Crippen MR) is 91.9 cm³/mol. The molecule has 1 aromatic carbocycles. The number of carboxylic acid groups (broad SMARTS) is 1. The molecule has 0 amide bonds. The zero-order chi connectivity index (χ0) is 17.8. The molecule has 4 heteroatoms. The molecule has 0 heterocycles. The highest BCUT2D eigenvalue weighted by atomic mass is 16.4. The van der Waals surface area contributed by atoms with Crippen LogP contribution in [0.1, 0.15) is 63.1 Å². The predicted octanol–water partition coefficient (Wildman–Crippen LogP) is 2.98. The van der Waals surface area contributed by atoms with Gasteiger partial charge in [-0.05, 0) is 67.6 Å². The Morgan fingerprint density at radius 1 is 1.33 bits per heavy atom. The van der Waals surface area contributed by atoms with Crippen molar-refractivity contribution in [2.75, 3.05) is 6.61 Å². The Labute approximate surface area is 143 Å². The molecule has 4 nitrogen and oxygen atoms in total. The van der Waals surface area contributed by atoms with Crippen LogP contribution in [0.4, 0.5) is 0 Å². The normalized spacial score (nSPS) is 34.8. The quantitative estimate of drug-likeness (QED) is 0.795. The summed E-state index contributed by atoms with van der Waals surface area (Å²) < 4.78 is 0. The molecule has 1 saturated carbocycles. The summed E-state index contributed by atoms with van der Waals surface area (Å²) in [4.78, 5) is 11.9. The first-order valence-electron chi connectivity index (χ1n) is 8.86. The van der Waals surface area contributed by atoms with Gasteiger partial charge in [-0.2, -0.15) is 0 Å². The van der Waals surface area contributed by atoms with Gasteiger partial charge in [0.05, 0.1) is 12.0 Å². The number of aliphatic hydroxyl groups is 2. The summed E-state index contributed by atoms with van der Waals surface area (Å²) in [7, 11) is 0. The number of carbonyl (C=O) groups is 1. The van der Waals surface area contributed by atoms with Gasteiger partial charge in [0, 0.05) is 0 Å². The average Bonchev–Trinajstić information content (AvgIpc) is 2.54. The van der Waals surface area contributed by atoms with Crippen LogP contribution in [0.3, 0.4) is 0 Å². The van der Waals surface area contributed by atoms with Gasteiger partial charge in [-0.1, -0.05) is 31.5 Å². The minimum Gasteiger partial charge on any atom is -0.481 e. The monoisotopic (exact) mass is 332 g/mol. The van der Waals surface area contributed by atoms with E-state index < -0.39 is 17.0 Å². The Hall–Kier alpha value is -1.39. The second-order valence-electron chi connectivity index (χ2n) is 8.39. The summed E-state index contributed by atoms with van der Waals surface area (Å²) in [5.74, 6) is -0.547. The van der Waals surface area contributed by atoms with E-state index in [0.717, 1.165) is 37.7 Å². The van der Waals surface area contributed by atoms with Crippen LogP contribution < -0.4 is 0 Å². The number of aliphatic carboxylic acids is 1. The molecule has 24 heavy (non-hydrogen) atoms. The van der Waals surface area contributed by atoms with Crippen molar-refractivity contribution < 1.29 is 20.1 Å². The maximum absolute atomic E-state index is 11.9. The second kappa shape index (κ2) is 5.57. The van der Waals surface area contributed by atoms with E-state index in [1.807, 2.05) is 19.1 Å². The highest BCUT2D eigenvalue weighted by Gasteiger charge is 2.55. The van der Waals surface area contributed by atoms with Crippen LogP contribution >= 0.6 is 0 Å². The van der Waals surface area contributed by atoms with Crippen molar-refractivity contribution in [3.63, 3.8) is 0 Å². The van der Waals surface area contributed by atoms with Crippen molar-refractivity contribution in [3.05, 3.63) is 34.9 Å². The number of carboxylic acids is 1. The van der Waals surface area contributed by atoms with Crippen LogP contribution in [0.2, 0.25) is 0 Å². The molecule has 4 atom stereocenters. The highest BCUT2D eigenvalue weighted by Crippen LogP contribution is 2.57. The molecule has 1 aromatic rings. The molecule has 0 bridgehead atoms. The van der Waals surface area contributed by atoms with Crippen LogP contribution in [0.5, 0.6) is 0 Å². The van der Waals surface area contributed by atoms with Gasteiger partial charge in [-0.25, -0.2) is 0 Å². The van der Waals surface area contributed by atoms with Gasteiger partial charge < -0.3 is 15.3 Å². The van der Waals surface area contributed by atoms with E-state index >= 15 is 0 Å². The molecule has 0 aromatic heterocycles. The number of hydrogen-bond acceptors (Lipinski definition) is 3. The fourth-order valence-electron chi connectivity index (χ4n) is 5.17. The molecule has 0 spiro atoms. The van der Waals surface area contributed by atoms with Crippen molar-refractivity contribution in [3.8, 4) is 0 Å². The summed E-state index contributed by atoms with van der Waals surface area (Å²) in [5.41, 5.74) is 1.10. The van der Waals surface area contributed by atoms with Crippen LogP contribution in [0.25, 0.3) is 0 Å². The lowest BCUT2D eigenvalue weighted by atomic mass is 9.50. The smallest absolute Gasteiger partial charge is 0.309 e. The van der Waals surface area contributed by atoms with Gasteiger partial charge in [-0.15, -0.1) is 0 Å². The Kier molecular flexibility index (Phi) is 4.04. The van der Waals surface area contributed by atoms with E-state index in [4.69, 9.17) is 0 Å². The Balaban J connectivity index is 2.06. The first-order chi connectivity index (χ1) is 11.1. The van der Waals surface area contributed by atoms with Crippen LogP contribution in [-0.2, 0) is 22.2 Å². The lowest BCUT2D eigenvalue weighted by Gasteiger charge is -2.53. The van der Waals surface area contributed by atoms with Crippen LogP contribution in [0.15, 0.2) is 18.2 Å². The molecule has 0 saturated heterocycles. The highest BCUT2D eigenvalue weighted by molar-refractivity contribution is 5.75. The molecule has 0 unspecified atom stereocenters. The lowest BCUT2D eigenvalue weighted by Crippen LogP contribution is -2.52. The van der Waals surface area contributed by atoms with Gasteiger partial charge in [0.15, 0.2) is 0 Å². The first-order valence-corrected chi connectivity index (χ1v) is 8.86. The largest absolute Gasteiger partial charge is 0.481 e. The van der Waals surface area contributed by atoms with E-state index in [1.54, 1.807) is 6.92 Å². The molecule has 3 rings (SSSR count). The van der Waals surface area contributed by atoms with Crippen LogP contribution in [-0.4, -0.2) is 27.9 Å². The molecule has 2 aliphatic carbocycles. The van der Waals surface area contributed by atoms with E-state index in [-0.39, 0.29) is 17.9 Å². The maximum atomic E-state index is 11.9. The standard InChI is InChI=1S/C20H28O4/c1-18-9-4-10-19(2,17(22)23)16(18)8-5-13-11-14(6-7-15(13)18)20(3,24)12-21/h6-7,11,16,21,24H,4-5,8-10,12H2,1-3H3,(H,22,23)/t16-,18-,19+,20+/m1/s1. The van der Waals surface area contributed by atoms with Crippen molar-refractivity contribution in [2.24, 2.45) is 11.3 Å². The maximum Gasteiger partial charge on any atom is 0.309 e. The molecule has 3 N–H and O–H groups in total. The van der Waals surface area contributed by atoms with Gasteiger partial charge in [0.1, 0.15) is 5.60 Å². The van der Waals surface area contributed by atoms with Crippen molar-refractivity contribution in [1.29, 1.82) is 0 Å². The van der Waals surface area contributed by atoms with Gasteiger partial charge in [0.25, 0.3) is 0 Å². The molecule has 1 fully saturated rings. The van der Waals surface area contributed by atoms with Crippen molar-refractivity contribution >= 4 is 5.97 Å². The fourth-order valence-corrected chi connectivity index (χ4v) is 5.17. The third-order valence-corrected chi connectivity index (χ3v) is 6.77. The molecule has 0 radical (unpaired) electrons. The molecular formula is C20H28O4. The van der Waals surface area contributed by atoms with E-state index in [0.29, 0.717) is 0 Å². The lowest BCUT2D eigenvalue weighted by molar-refractivity contribution is -0.157. The molecule has 2 aliphatic rings. The SMILES string of the molecule is C[C@](O)(CO)c1ccc2c(c1)CC[C@H]1[C@@](C)(C(=O)O)CCC[C@]21C. The number of fused-ring (bicyclic) bond motifs is 3. The zero-order valence-electron chi connectivity index (χ0n) is 14.8. The summed E-state index contributed by atoms with van der Waals surface area (Å²) in [6.45, 7) is 5.42. The average molecular weight is 332 g/mol. The number of aliphatic hydroxyl groups excluding tert-OH is 1. The Morgan fingerprint density at radius 2 is 2.04 bits per heavy atom. The number of aryl methyl sites for hydroxylation is 1. The summed E-state index contributed by atoms with van der Waals surface area (Å²) in [6, 6.07) is 5.93. The summed E-state index contributed by atoms with van der Waals surface area (Å²) in [5, 5.41) is 29.5. The molecular weight excluding hydrogens is 304 g/mol. The minimum absolute atomic E-state index is 0.132. The van der Waals surface area contributed by atoms with E-state index in [2.05, 4.69) is 13.0 Å². The van der Waals surface area contributed by atoms with E-state index in [9.17, 15) is 20.1 Å². The Morgan fingerprint density at radius 3 is 2.67 bits per heavy atom.